The van der Waals surface area contributed by atoms with E-state index >= 15 is 0 Å². The minimum atomic E-state index is 0.0891. The van der Waals surface area contributed by atoms with Gasteiger partial charge < -0.3 is 0 Å². The van der Waals surface area contributed by atoms with E-state index in [2.05, 4.69) is 32.8 Å². The fourth-order valence-corrected chi connectivity index (χ4v) is 2.45. The van der Waals surface area contributed by atoms with Crippen molar-refractivity contribution in [3.63, 3.8) is 0 Å². The first-order valence-electron chi connectivity index (χ1n) is 7.31. The number of aromatic amines is 1. The molecule has 1 aromatic carbocycles. The van der Waals surface area contributed by atoms with E-state index < -0.39 is 0 Å². The first kappa shape index (κ1) is 14.6. The molecule has 108 valence electrons. The van der Waals surface area contributed by atoms with Crippen LogP contribution in [0.3, 0.4) is 0 Å². The highest BCUT2D eigenvalue weighted by Gasteiger charge is 2.18. The largest absolute Gasteiger partial charge is 0.294 e. The maximum Gasteiger partial charge on any atom is 0.274 e. The lowest BCUT2D eigenvalue weighted by Gasteiger charge is -2.07. The summed E-state index contributed by atoms with van der Waals surface area (Å²) in [6, 6.07) is 8.02. The number of rotatable bonds is 4. The lowest BCUT2D eigenvalue weighted by molar-refractivity contribution is 0.635. The van der Waals surface area contributed by atoms with Gasteiger partial charge in [0.15, 0.2) is 0 Å². The van der Waals surface area contributed by atoms with Crippen LogP contribution >= 0.6 is 0 Å². The molecule has 2 aromatic rings. The van der Waals surface area contributed by atoms with Crippen LogP contribution in [0.2, 0.25) is 0 Å². The van der Waals surface area contributed by atoms with Crippen LogP contribution in [-0.4, -0.2) is 9.78 Å². The fraction of sp³-hybridized carbons (Fsp3) is 0.471. The van der Waals surface area contributed by atoms with Crippen LogP contribution in [-0.2, 0) is 6.42 Å². The van der Waals surface area contributed by atoms with Gasteiger partial charge in [0.05, 0.1) is 5.69 Å². The standard InChI is InChI=1S/C17H24N2O/c1-11(2)10-15-16(12(3)4)18-19(17(15)20)14-8-6-13(5)7-9-14/h6-9,11-12,18H,10H2,1-5H3. The van der Waals surface area contributed by atoms with Gasteiger partial charge in [0.2, 0.25) is 0 Å². The highest BCUT2D eigenvalue weighted by Crippen LogP contribution is 2.19. The van der Waals surface area contributed by atoms with E-state index in [1.165, 1.54) is 5.56 Å². The molecule has 1 heterocycles. The molecular weight excluding hydrogens is 248 g/mol. The SMILES string of the molecule is Cc1ccc(-n2[nH]c(C(C)C)c(CC(C)C)c2=O)cc1. The number of nitrogens with one attached hydrogen (secondary N) is 1. The Morgan fingerprint density at radius 2 is 1.70 bits per heavy atom. The van der Waals surface area contributed by atoms with E-state index in [4.69, 9.17) is 0 Å². The van der Waals surface area contributed by atoms with Gasteiger partial charge in [-0.2, -0.15) is 0 Å². The maximum absolute atomic E-state index is 12.6. The van der Waals surface area contributed by atoms with E-state index in [-0.39, 0.29) is 5.56 Å². The van der Waals surface area contributed by atoms with E-state index in [0.717, 1.165) is 23.4 Å². The van der Waals surface area contributed by atoms with Gasteiger partial charge in [-0.3, -0.25) is 9.89 Å². The summed E-state index contributed by atoms with van der Waals surface area (Å²) in [7, 11) is 0. The summed E-state index contributed by atoms with van der Waals surface area (Å²) in [4.78, 5) is 12.6. The minimum absolute atomic E-state index is 0.0891. The van der Waals surface area contributed by atoms with E-state index in [1.807, 2.05) is 31.2 Å². The number of benzene rings is 1. The molecule has 1 aromatic heterocycles. The molecule has 0 bridgehead atoms. The van der Waals surface area contributed by atoms with Gasteiger partial charge in [0, 0.05) is 11.3 Å². The van der Waals surface area contributed by atoms with Gasteiger partial charge in [-0.1, -0.05) is 45.4 Å². The smallest absolute Gasteiger partial charge is 0.274 e. The molecule has 0 saturated carbocycles. The summed E-state index contributed by atoms with van der Waals surface area (Å²) >= 11 is 0. The molecule has 0 fully saturated rings. The topological polar surface area (TPSA) is 37.8 Å². The van der Waals surface area contributed by atoms with Crippen molar-refractivity contribution in [1.82, 2.24) is 9.78 Å². The summed E-state index contributed by atoms with van der Waals surface area (Å²) in [5.74, 6) is 0.797. The van der Waals surface area contributed by atoms with Crippen molar-refractivity contribution < 1.29 is 0 Å². The number of hydrogen-bond donors (Lipinski definition) is 1. The summed E-state index contributed by atoms with van der Waals surface area (Å²) in [5, 5.41) is 3.29. The van der Waals surface area contributed by atoms with Crippen LogP contribution in [0.5, 0.6) is 0 Å². The van der Waals surface area contributed by atoms with Crippen molar-refractivity contribution in [3.05, 3.63) is 51.4 Å². The first-order valence-corrected chi connectivity index (χ1v) is 7.31. The Balaban J connectivity index is 2.55. The maximum atomic E-state index is 12.6. The molecule has 0 spiro atoms. The third kappa shape index (κ3) is 2.87. The Kier molecular flexibility index (Phi) is 4.17. The van der Waals surface area contributed by atoms with Crippen molar-refractivity contribution in [2.24, 2.45) is 5.92 Å². The third-order valence-electron chi connectivity index (χ3n) is 3.50. The van der Waals surface area contributed by atoms with Gasteiger partial charge >= 0.3 is 0 Å². The monoisotopic (exact) mass is 272 g/mol. The average molecular weight is 272 g/mol. The second-order valence-corrected chi connectivity index (χ2v) is 6.23. The van der Waals surface area contributed by atoms with Crippen molar-refractivity contribution in [2.75, 3.05) is 0 Å². The Bertz CT molecular complexity index is 630. The second kappa shape index (κ2) is 5.70. The normalized spacial score (nSPS) is 11.6. The van der Waals surface area contributed by atoms with Gasteiger partial charge in [-0.15, -0.1) is 0 Å². The molecule has 0 radical (unpaired) electrons. The fourth-order valence-electron chi connectivity index (χ4n) is 2.45. The lowest BCUT2D eigenvalue weighted by atomic mass is 9.98. The molecular formula is C17H24N2O. The highest BCUT2D eigenvalue weighted by atomic mass is 16.1. The number of hydrogen-bond acceptors (Lipinski definition) is 1. The predicted octanol–water partition coefficient (Wildman–Crippen LogP) is 3.80. The Morgan fingerprint density at radius 1 is 1.10 bits per heavy atom. The van der Waals surface area contributed by atoms with Crippen molar-refractivity contribution in [3.8, 4) is 5.69 Å². The highest BCUT2D eigenvalue weighted by molar-refractivity contribution is 5.35. The molecule has 3 heteroatoms. The lowest BCUT2D eigenvalue weighted by Crippen LogP contribution is -2.18. The molecule has 1 N–H and O–H groups in total. The summed E-state index contributed by atoms with van der Waals surface area (Å²) in [6.45, 7) is 10.6. The number of aromatic nitrogens is 2. The predicted molar refractivity (Wildman–Crippen MR) is 83.8 cm³/mol. The van der Waals surface area contributed by atoms with Crippen molar-refractivity contribution in [2.45, 2.75) is 47.0 Å². The number of H-pyrrole nitrogens is 1. The van der Waals surface area contributed by atoms with Gasteiger partial charge in [0.25, 0.3) is 5.56 Å². The van der Waals surface area contributed by atoms with Gasteiger partial charge in [-0.25, -0.2) is 4.68 Å². The molecule has 0 unspecified atom stereocenters. The third-order valence-corrected chi connectivity index (χ3v) is 3.50. The van der Waals surface area contributed by atoms with Crippen molar-refractivity contribution >= 4 is 0 Å². The average Bonchev–Trinajstić information content (AvgIpc) is 2.68. The van der Waals surface area contributed by atoms with Crippen LogP contribution in [0.25, 0.3) is 5.69 Å². The Hall–Kier alpha value is -1.77. The molecule has 0 amide bonds. The summed E-state index contributed by atoms with van der Waals surface area (Å²) in [5.41, 5.74) is 4.17. The van der Waals surface area contributed by atoms with E-state index in [9.17, 15) is 4.79 Å². The first-order chi connectivity index (χ1) is 9.40. The van der Waals surface area contributed by atoms with Gasteiger partial charge in [-0.05, 0) is 37.3 Å². The zero-order valence-electron chi connectivity index (χ0n) is 13.0. The van der Waals surface area contributed by atoms with Gasteiger partial charge in [0.1, 0.15) is 0 Å². The molecule has 0 aliphatic rings. The number of aryl methyl sites for hydroxylation is 1. The van der Waals surface area contributed by atoms with Crippen molar-refractivity contribution in [1.29, 1.82) is 0 Å². The zero-order valence-corrected chi connectivity index (χ0v) is 13.0. The minimum Gasteiger partial charge on any atom is -0.294 e. The molecule has 2 rings (SSSR count). The molecule has 0 aliphatic carbocycles. The Morgan fingerprint density at radius 3 is 2.20 bits per heavy atom. The molecule has 20 heavy (non-hydrogen) atoms. The molecule has 0 atom stereocenters. The zero-order chi connectivity index (χ0) is 14.9. The van der Waals surface area contributed by atoms with E-state index in [1.54, 1.807) is 4.68 Å². The van der Waals surface area contributed by atoms with Crippen LogP contribution in [0.4, 0.5) is 0 Å². The number of nitrogens with zero attached hydrogens (tertiary/aromatic N) is 1. The summed E-state index contributed by atoms with van der Waals surface area (Å²) < 4.78 is 1.67. The quantitative estimate of drug-likeness (QED) is 0.903. The molecule has 0 saturated heterocycles. The second-order valence-electron chi connectivity index (χ2n) is 6.23. The van der Waals surface area contributed by atoms with Crippen LogP contribution < -0.4 is 5.56 Å². The molecule has 3 nitrogen and oxygen atoms in total. The van der Waals surface area contributed by atoms with E-state index in [0.29, 0.717) is 11.8 Å². The van der Waals surface area contributed by atoms with Crippen LogP contribution in [0, 0.1) is 12.8 Å². The molecule has 0 aliphatic heterocycles. The Labute approximate surface area is 120 Å². The summed E-state index contributed by atoms with van der Waals surface area (Å²) in [6.07, 6.45) is 0.821. The van der Waals surface area contributed by atoms with Crippen LogP contribution in [0.1, 0.15) is 50.4 Å². The van der Waals surface area contributed by atoms with Crippen LogP contribution in [0.15, 0.2) is 29.1 Å².